The van der Waals surface area contributed by atoms with E-state index in [1.54, 1.807) is 24.4 Å². The van der Waals surface area contributed by atoms with Gasteiger partial charge in [-0.05, 0) is 25.0 Å². The lowest BCUT2D eigenvalue weighted by molar-refractivity contribution is 0.0958. The van der Waals surface area contributed by atoms with Gasteiger partial charge in [0.15, 0.2) is 0 Å². The van der Waals surface area contributed by atoms with Gasteiger partial charge in [-0.25, -0.2) is 0 Å². The van der Waals surface area contributed by atoms with Gasteiger partial charge in [-0.3, -0.25) is 9.36 Å². The Morgan fingerprint density at radius 3 is 2.73 bits per heavy atom. The van der Waals surface area contributed by atoms with Crippen LogP contribution in [0.15, 0.2) is 30.0 Å². The van der Waals surface area contributed by atoms with Gasteiger partial charge in [0, 0.05) is 11.9 Å². The summed E-state index contributed by atoms with van der Waals surface area (Å²) < 4.78 is 1.37. The van der Waals surface area contributed by atoms with E-state index in [9.17, 15) is 4.79 Å². The normalized spacial score (nSPS) is 11.5. The second kappa shape index (κ2) is 4.61. The topological polar surface area (TPSA) is 45.8 Å². The molecule has 0 saturated heterocycles. The lowest BCUT2D eigenvalue weighted by atomic mass is 10.1. The van der Waals surface area contributed by atoms with Gasteiger partial charge in [0.25, 0.3) is 5.91 Å². The van der Waals surface area contributed by atoms with E-state index in [0.29, 0.717) is 5.69 Å². The van der Waals surface area contributed by atoms with Crippen molar-refractivity contribution >= 4 is 5.91 Å². The summed E-state index contributed by atoms with van der Waals surface area (Å²) in [6.45, 7) is 7.55. The fourth-order valence-corrected chi connectivity index (χ4v) is 1.23. The number of nitriles is 1. The Bertz CT molecular complexity index is 433. The van der Waals surface area contributed by atoms with Crippen molar-refractivity contribution in [1.82, 2.24) is 4.57 Å². The standard InChI is InChI=1S/C12H13N2O/c1-9(2)7-11(8-13)12(15)14-6-4-5-10(14)3/h4-7,9H,3H2,1-2H3. The van der Waals surface area contributed by atoms with Gasteiger partial charge < -0.3 is 0 Å². The summed E-state index contributed by atoms with van der Waals surface area (Å²) in [5, 5.41) is 8.86. The molecule has 0 amide bonds. The molecule has 0 bridgehead atoms. The summed E-state index contributed by atoms with van der Waals surface area (Å²) in [6.07, 6.45) is 3.26. The molecule has 0 aliphatic rings. The molecule has 3 nitrogen and oxygen atoms in total. The van der Waals surface area contributed by atoms with E-state index in [4.69, 9.17) is 5.26 Å². The van der Waals surface area contributed by atoms with E-state index in [2.05, 4.69) is 6.92 Å². The van der Waals surface area contributed by atoms with Gasteiger partial charge in [-0.1, -0.05) is 19.9 Å². The number of nitrogens with zero attached hydrogens (tertiary/aromatic N) is 2. The van der Waals surface area contributed by atoms with Gasteiger partial charge in [-0.2, -0.15) is 5.26 Å². The van der Waals surface area contributed by atoms with Gasteiger partial charge in [0.2, 0.25) is 0 Å². The van der Waals surface area contributed by atoms with Crippen LogP contribution in [0.25, 0.3) is 0 Å². The van der Waals surface area contributed by atoms with E-state index >= 15 is 0 Å². The first-order chi connectivity index (χ1) is 7.06. The largest absolute Gasteiger partial charge is 0.287 e. The maximum absolute atomic E-state index is 11.8. The molecule has 0 aliphatic carbocycles. The molecule has 1 heterocycles. The zero-order valence-electron chi connectivity index (χ0n) is 8.90. The first-order valence-electron chi connectivity index (χ1n) is 4.72. The molecule has 3 heteroatoms. The third-order valence-electron chi connectivity index (χ3n) is 1.90. The number of hydrogen-bond donors (Lipinski definition) is 0. The van der Waals surface area contributed by atoms with Crippen molar-refractivity contribution < 1.29 is 4.79 Å². The lowest BCUT2D eigenvalue weighted by Crippen LogP contribution is -2.13. The molecule has 77 valence electrons. The van der Waals surface area contributed by atoms with Crippen molar-refractivity contribution in [2.24, 2.45) is 5.92 Å². The number of rotatable bonds is 2. The molecule has 0 aromatic carbocycles. The lowest BCUT2D eigenvalue weighted by Gasteiger charge is -2.04. The van der Waals surface area contributed by atoms with Crippen molar-refractivity contribution in [2.75, 3.05) is 0 Å². The van der Waals surface area contributed by atoms with E-state index < -0.39 is 0 Å². The minimum absolute atomic E-state index is 0.158. The Morgan fingerprint density at radius 1 is 1.67 bits per heavy atom. The van der Waals surface area contributed by atoms with Gasteiger partial charge >= 0.3 is 0 Å². The third-order valence-corrected chi connectivity index (χ3v) is 1.90. The SMILES string of the molecule is [CH2]c1cccn1C(=O)C(C#N)=CC(C)C. The molecule has 0 aliphatic heterocycles. The van der Waals surface area contributed by atoms with Crippen LogP contribution in [0.1, 0.15) is 24.3 Å². The van der Waals surface area contributed by atoms with Gasteiger partial charge in [0.1, 0.15) is 11.6 Å². The van der Waals surface area contributed by atoms with E-state index in [-0.39, 0.29) is 17.4 Å². The molecule has 1 aromatic heterocycles. The number of allylic oxidation sites excluding steroid dienone is 2. The predicted molar refractivity (Wildman–Crippen MR) is 58.1 cm³/mol. The van der Waals surface area contributed by atoms with Gasteiger partial charge in [0.05, 0.1) is 0 Å². The van der Waals surface area contributed by atoms with Crippen LogP contribution in [0, 0.1) is 24.2 Å². The van der Waals surface area contributed by atoms with Crippen LogP contribution in [-0.4, -0.2) is 10.5 Å². The summed E-state index contributed by atoms with van der Waals surface area (Å²) >= 11 is 0. The van der Waals surface area contributed by atoms with E-state index in [1.807, 2.05) is 19.9 Å². The molecule has 0 atom stereocenters. The number of hydrogen-bond acceptors (Lipinski definition) is 2. The highest BCUT2D eigenvalue weighted by Crippen LogP contribution is 2.08. The molecule has 0 unspecified atom stereocenters. The second-order valence-electron chi connectivity index (χ2n) is 3.61. The Labute approximate surface area is 89.6 Å². The monoisotopic (exact) mass is 201 g/mol. The molecule has 0 spiro atoms. The maximum Gasteiger partial charge on any atom is 0.272 e. The Kier molecular flexibility index (Phi) is 3.46. The second-order valence-corrected chi connectivity index (χ2v) is 3.61. The van der Waals surface area contributed by atoms with Crippen LogP contribution in [0.3, 0.4) is 0 Å². The van der Waals surface area contributed by atoms with Crippen molar-refractivity contribution in [3.05, 3.63) is 42.6 Å². The number of aromatic nitrogens is 1. The molecule has 1 rings (SSSR count). The molecule has 0 fully saturated rings. The Hall–Kier alpha value is -1.82. The summed E-state index contributed by atoms with van der Waals surface area (Å²) in [5.74, 6) is -0.145. The number of carbonyl (C=O) groups is 1. The van der Waals surface area contributed by atoms with Crippen molar-refractivity contribution in [2.45, 2.75) is 13.8 Å². The van der Waals surface area contributed by atoms with Crippen LogP contribution in [0.5, 0.6) is 0 Å². The molecule has 1 radical (unpaired) electrons. The highest BCUT2D eigenvalue weighted by molar-refractivity contribution is 5.99. The molecular formula is C12H13N2O. The zero-order valence-corrected chi connectivity index (χ0v) is 8.90. The van der Waals surface area contributed by atoms with Gasteiger partial charge in [-0.15, -0.1) is 0 Å². The molecule has 0 N–H and O–H groups in total. The van der Waals surface area contributed by atoms with Crippen LogP contribution < -0.4 is 0 Å². The van der Waals surface area contributed by atoms with Crippen LogP contribution in [0.2, 0.25) is 0 Å². The smallest absolute Gasteiger partial charge is 0.272 e. The highest BCUT2D eigenvalue weighted by Gasteiger charge is 2.12. The Morgan fingerprint density at radius 2 is 2.33 bits per heavy atom. The van der Waals surface area contributed by atoms with Crippen molar-refractivity contribution in [3.8, 4) is 6.07 Å². The predicted octanol–water partition coefficient (Wildman–Crippen LogP) is 2.42. The fourth-order valence-electron chi connectivity index (χ4n) is 1.23. The average Bonchev–Trinajstić information content (AvgIpc) is 2.59. The fraction of sp³-hybridized carbons (Fsp3) is 0.250. The van der Waals surface area contributed by atoms with E-state index in [0.717, 1.165) is 0 Å². The minimum Gasteiger partial charge on any atom is -0.287 e. The molecule has 15 heavy (non-hydrogen) atoms. The molecule has 1 aromatic rings. The van der Waals surface area contributed by atoms with Crippen molar-refractivity contribution in [3.63, 3.8) is 0 Å². The first kappa shape index (κ1) is 11.3. The molecular weight excluding hydrogens is 188 g/mol. The van der Waals surface area contributed by atoms with E-state index in [1.165, 1.54) is 4.57 Å². The molecule has 0 saturated carbocycles. The van der Waals surface area contributed by atoms with Crippen LogP contribution in [0.4, 0.5) is 0 Å². The quantitative estimate of drug-likeness (QED) is 0.545. The highest BCUT2D eigenvalue weighted by atomic mass is 16.2. The Balaban J connectivity index is 3.05. The zero-order chi connectivity index (χ0) is 11.4. The third kappa shape index (κ3) is 2.57. The average molecular weight is 201 g/mol. The maximum atomic E-state index is 11.8. The van der Waals surface area contributed by atoms with Crippen molar-refractivity contribution in [1.29, 1.82) is 5.26 Å². The summed E-state index contributed by atoms with van der Waals surface area (Å²) in [5.41, 5.74) is 0.746. The number of carbonyl (C=O) groups excluding carboxylic acids is 1. The summed E-state index contributed by atoms with van der Waals surface area (Å²) in [4.78, 5) is 11.8. The first-order valence-corrected chi connectivity index (χ1v) is 4.72. The van der Waals surface area contributed by atoms with Crippen LogP contribution >= 0.6 is 0 Å². The minimum atomic E-state index is -0.318. The summed E-state index contributed by atoms with van der Waals surface area (Å²) in [7, 11) is 0. The van der Waals surface area contributed by atoms with Crippen LogP contribution in [-0.2, 0) is 0 Å². The summed E-state index contributed by atoms with van der Waals surface area (Å²) in [6, 6.07) is 5.36.